The highest BCUT2D eigenvalue weighted by molar-refractivity contribution is 5.86. The van der Waals surface area contributed by atoms with Gasteiger partial charge in [0.1, 0.15) is 0 Å². The van der Waals surface area contributed by atoms with Crippen LogP contribution in [0.3, 0.4) is 0 Å². The zero-order chi connectivity index (χ0) is 10.7. The fourth-order valence-corrected chi connectivity index (χ4v) is 2.06. The van der Waals surface area contributed by atoms with E-state index < -0.39 is 5.97 Å². The fraction of sp³-hybridized carbons (Fsp3) is 0.308. The number of aliphatic carboxylic acids is 1. The van der Waals surface area contributed by atoms with Gasteiger partial charge >= 0.3 is 5.97 Å². The van der Waals surface area contributed by atoms with Crippen molar-refractivity contribution < 1.29 is 9.90 Å². The second-order valence-corrected chi connectivity index (χ2v) is 3.91. The summed E-state index contributed by atoms with van der Waals surface area (Å²) >= 11 is 0. The summed E-state index contributed by atoms with van der Waals surface area (Å²) in [7, 11) is 0. The first-order chi connectivity index (χ1) is 7.27. The van der Waals surface area contributed by atoms with Crippen molar-refractivity contribution in [2.75, 3.05) is 0 Å². The maximum atomic E-state index is 10.9. The first-order valence-electron chi connectivity index (χ1n) is 5.26. The maximum absolute atomic E-state index is 10.9. The Labute approximate surface area is 89.2 Å². The third kappa shape index (κ3) is 2.27. The molecule has 0 radical (unpaired) electrons. The molecule has 0 spiro atoms. The van der Waals surface area contributed by atoms with Crippen molar-refractivity contribution in [2.24, 2.45) is 0 Å². The highest BCUT2D eigenvalue weighted by atomic mass is 16.4. The van der Waals surface area contributed by atoms with Crippen LogP contribution in [-0.2, 0) is 4.79 Å². The molecule has 1 aromatic rings. The molecule has 2 rings (SSSR count). The quantitative estimate of drug-likeness (QED) is 0.800. The average Bonchev–Trinajstić information content (AvgIpc) is 2.30. The van der Waals surface area contributed by atoms with E-state index in [2.05, 4.69) is 12.1 Å². The number of carboxylic acid groups (broad SMARTS) is 1. The molecule has 2 heteroatoms. The van der Waals surface area contributed by atoms with Crippen molar-refractivity contribution in [1.82, 2.24) is 0 Å². The zero-order valence-corrected chi connectivity index (χ0v) is 8.52. The number of carbonyl (C=O) groups is 1. The molecule has 1 aliphatic carbocycles. The minimum atomic E-state index is -0.768. The fourth-order valence-electron chi connectivity index (χ4n) is 2.06. The second kappa shape index (κ2) is 4.30. The number of benzene rings is 1. The SMILES string of the molecule is O=C(O)C1=C[C@H](c2ccccc2)CCC1. The smallest absolute Gasteiger partial charge is 0.331 e. The Morgan fingerprint density at radius 1 is 1.27 bits per heavy atom. The van der Waals surface area contributed by atoms with Gasteiger partial charge in [-0.05, 0) is 24.8 Å². The number of hydrogen-bond donors (Lipinski definition) is 1. The van der Waals surface area contributed by atoms with Gasteiger partial charge in [0.15, 0.2) is 0 Å². The van der Waals surface area contributed by atoms with Crippen LogP contribution in [0.1, 0.15) is 30.7 Å². The molecule has 0 unspecified atom stereocenters. The summed E-state index contributed by atoms with van der Waals surface area (Å²) in [5.74, 6) is -0.485. The Balaban J connectivity index is 2.24. The van der Waals surface area contributed by atoms with Gasteiger partial charge in [-0.3, -0.25) is 0 Å². The van der Waals surface area contributed by atoms with Crippen molar-refractivity contribution in [3.05, 3.63) is 47.5 Å². The molecule has 0 aromatic heterocycles. The van der Waals surface area contributed by atoms with E-state index in [1.807, 2.05) is 24.3 Å². The molecule has 0 fully saturated rings. The Morgan fingerprint density at radius 3 is 2.67 bits per heavy atom. The van der Waals surface area contributed by atoms with E-state index in [1.54, 1.807) is 0 Å². The van der Waals surface area contributed by atoms with Gasteiger partial charge in [-0.1, -0.05) is 36.4 Å². The average molecular weight is 202 g/mol. The van der Waals surface area contributed by atoms with Crippen molar-refractivity contribution in [3.63, 3.8) is 0 Å². The number of rotatable bonds is 2. The van der Waals surface area contributed by atoms with Crippen LogP contribution in [0.2, 0.25) is 0 Å². The number of hydrogen-bond acceptors (Lipinski definition) is 1. The summed E-state index contributed by atoms with van der Waals surface area (Å²) in [6, 6.07) is 10.1. The molecule has 0 heterocycles. The molecule has 15 heavy (non-hydrogen) atoms. The van der Waals surface area contributed by atoms with E-state index in [0.717, 1.165) is 12.8 Å². The molecule has 0 amide bonds. The van der Waals surface area contributed by atoms with Gasteiger partial charge in [0.05, 0.1) is 0 Å². The van der Waals surface area contributed by atoms with Gasteiger partial charge < -0.3 is 5.11 Å². The van der Waals surface area contributed by atoms with E-state index in [9.17, 15) is 4.79 Å². The summed E-state index contributed by atoms with van der Waals surface area (Å²) in [4.78, 5) is 10.9. The van der Waals surface area contributed by atoms with Crippen LogP contribution < -0.4 is 0 Å². The van der Waals surface area contributed by atoms with E-state index in [0.29, 0.717) is 12.0 Å². The molecular formula is C13H14O2. The van der Waals surface area contributed by atoms with E-state index >= 15 is 0 Å². The minimum Gasteiger partial charge on any atom is -0.478 e. The predicted octanol–water partition coefficient (Wildman–Crippen LogP) is 2.97. The molecule has 1 aliphatic rings. The van der Waals surface area contributed by atoms with Crippen molar-refractivity contribution in [2.45, 2.75) is 25.2 Å². The van der Waals surface area contributed by atoms with Crippen molar-refractivity contribution >= 4 is 5.97 Å². The number of allylic oxidation sites excluding steroid dienone is 1. The summed E-state index contributed by atoms with van der Waals surface area (Å²) in [5, 5.41) is 8.93. The van der Waals surface area contributed by atoms with E-state index in [-0.39, 0.29) is 5.92 Å². The van der Waals surface area contributed by atoms with Crippen LogP contribution >= 0.6 is 0 Å². The topological polar surface area (TPSA) is 37.3 Å². The molecule has 2 nitrogen and oxygen atoms in total. The Hall–Kier alpha value is -1.57. The maximum Gasteiger partial charge on any atom is 0.331 e. The molecule has 0 aliphatic heterocycles. The Bertz CT molecular complexity index is 379. The van der Waals surface area contributed by atoms with Crippen LogP contribution in [-0.4, -0.2) is 11.1 Å². The molecule has 0 saturated carbocycles. The lowest BCUT2D eigenvalue weighted by atomic mass is 9.86. The lowest BCUT2D eigenvalue weighted by molar-refractivity contribution is -0.132. The van der Waals surface area contributed by atoms with Gasteiger partial charge in [-0.15, -0.1) is 0 Å². The lowest BCUT2D eigenvalue weighted by Gasteiger charge is -2.19. The molecule has 78 valence electrons. The van der Waals surface area contributed by atoms with Gasteiger partial charge in [0, 0.05) is 11.5 Å². The number of carboxylic acids is 1. The van der Waals surface area contributed by atoms with Crippen LogP contribution in [0.25, 0.3) is 0 Å². The molecule has 0 saturated heterocycles. The first kappa shape index (κ1) is 9.97. The summed E-state index contributed by atoms with van der Waals surface area (Å²) in [6.45, 7) is 0. The summed E-state index contributed by atoms with van der Waals surface area (Å²) in [5.41, 5.74) is 1.78. The van der Waals surface area contributed by atoms with Crippen LogP contribution in [0.5, 0.6) is 0 Å². The van der Waals surface area contributed by atoms with Gasteiger partial charge in [0.2, 0.25) is 0 Å². The minimum absolute atomic E-state index is 0.283. The molecular weight excluding hydrogens is 188 g/mol. The predicted molar refractivity (Wildman–Crippen MR) is 58.8 cm³/mol. The summed E-state index contributed by atoms with van der Waals surface area (Å²) in [6.07, 6.45) is 4.64. The van der Waals surface area contributed by atoms with E-state index in [1.165, 1.54) is 5.56 Å². The first-order valence-corrected chi connectivity index (χ1v) is 5.26. The van der Waals surface area contributed by atoms with Crippen molar-refractivity contribution in [1.29, 1.82) is 0 Å². The largest absolute Gasteiger partial charge is 0.478 e. The Morgan fingerprint density at radius 2 is 2.00 bits per heavy atom. The van der Waals surface area contributed by atoms with Gasteiger partial charge in [0.25, 0.3) is 0 Å². The molecule has 1 N–H and O–H groups in total. The Kier molecular flexibility index (Phi) is 2.86. The highest BCUT2D eigenvalue weighted by Gasteiger charge is 2.18. The van der Waals surface area contributed by atoms with Gasteiger partial charge in [-0.25, -0.2) is 4.79 Å². The van der Waals surface area contributed by atoms with Crippen LogP contribution in [0.4, 0.5) is 0 Å². The molecule has 0 bridgehead atoms. The van der Waals surface area contributed by atoms with Crippen LogP contribution in [0.15, 0.2) is 42.0 Å². The summed E-state index contributed by atoms with van der Waals surface area (Å²) < 4.78 is 0. The standard InChI is InChI=1S/C13H14O2/c14-13(15)12-8-4-7-11(9-12)10-5-2-1-3-6-10/h1-3,5-6,9,11H,4,7-8H2,(H,14,15)/t11-/m1/s1. The monoisotopic (exact) mass is 202 g/mol. The lowest BCUT2D eigenvalue weighted by Crippen LogP contribution is -2.09. The molecule has 1 atom stereocenters. The van der Waals surface area contributed by atoms with Crippen LogP contribution in [0, 0.1) is 0 Å². The third-order valence-corrected chi connectivity index (χ3v) is 2.87. The molecule has 1 aromatic carbocycles. The van der Waals surface area contributed by atoms with Gasteiger partial charge in [-0.2, -0.15) is 0 Å². The zero-order valence-electron chi connectivity index (χ0n) is 8.52. The van der Waals surface area contributed by atoms with Crippen molar-refractivity contribution in [3.8, 4) is 0 Å². The highest BCUT2D eigenvalue weighted by Crippen LogP contribution is 2.30. The van der Waals surface area contributed by atoms with E-state index in [4.69, 9.17) is 5.11 Å². The normalized spacial score (nSPS) is 20.8. The second-order valence-electron chi connectivity index (χ2n) is 3.91. The third-order valence-electron chi connectivity index (χ3n) is 2.87.